The number of rotatable bonds is 3. The van der Waals surface area contributed by atoms with Crippen LogP contribution >= 0.6 is 12.2 Å². The van der Waals surface area contributed by atoms with Crippen LogP contribution in [0.15, 0.2) is 42.7 Å². The lowest BCUT2D eigenvalue weighted by molar-refractivity contribution is 0.777. The molecule has 5 nitrogen and oxygen atoms in total. The number of pyridine rings is 1. The van der Waals surface area contributed by atoms with Crippen molar-refractivity contribution in [3.8, 4) is 0 Å². The van der Waals surface area contributed by atoms with Crippen molar-refractivity contribution < 1.29 is 0 Å². The third kappa shape index (κ3) is 2.10. The topological polar surface area (TPSA) is 68.8 Å². The van der Waals surface area contributed by atoms with Crippen LogP contribution in [0, 0.1) is 0 Å². The molecular formula is C14H13N5S. The van der Waals surface area contributed by atoms with E-state index in [1.807, 2.05) is 37.4 Å². The lowest BCUT2D eigenvalue weighted by Gasteiger charge is -2.13. The number of hydrogen-bond donors (Lipinski definition) is 2. The second-order valence-electron chi connectivity index (χ2n) is 4.39. The van der Waals surface area contributed by atoms with E-state index in [-0.39, 0.29) is 0 Å². The normalized spacial score (nSPS) is 10.7. The van der Waals surface area contributed by atoms with Crippen molar-refractivity contribution in [2.45, 2.75) is 0 Å². The quantitative estimate of drug-likeness (QED) is 0.722. The molecule has 0 spiro atoms. The van der Waals surface area contributed by atoms with E-state index < -0.39 is 0 Å². The highest BCUT2D eigenvalue weighted by Crippen LogP contribution is 2.28. The number of nitrogens with one attached hydrogen (secondary N) is 1. The number of para-hydroxylation sites is 1. The van der Waals surface area contributed by atoms with Crippen molar-refractivity contribution in [3.63, 3.8) is 0 Å². The zero-order chi connectivity index (χ0) is 14.1. The van der Waals surface area contributed by atoms with E-state index >= 15 is 0 Å². The van der Waals surface area contributed by atoms with Crippen LogP contribution in [-0.2, 0) is 7.05 Å². The maximum atomic E-state index is 5.80. The smallest absolute Gasteiger partial charge is 0.128 e. The first kappa shape index (κ1) is 12.6. The third-order valence-electron chi connectivity index (χ3n) is 3.11. The van der Waals surface area contributed by atoms with Gasteiger partial charge in [-0.25, -0.2) is 0 Å². The number of fused-ring (bicyclic) bond motifs is 1. The Balaban J connectivity index is 2.22. The molecule has 3 aromatic rings. The third-order valence-corrected chi connectivity index (χ3v) is 3.33. The van der Waals surface area contributed by atoms with Gasteiger partial charge in [-0.2, -0.15) is 5.10 Å². The molecule has 0 amide bonds. The molecule has 0 radical (unpaired) electrons. The first-order valence-corrected chi connectivity index (χ1v) is 6.50. The maximum absolute atomic E-state index is 5.80. The summed E-state index contributed by atoms with van der Waals surface area (Å²) in [4.78, 5) is 4.70. The van der Waals surface area contributed by atoms with E-state index in [0.717, 1.165) is 28.0 Å². The fourth-order valence-corrected chi connectivity index (χ4v) is 2.24. The van der Waals surface area contributed by atoms with Gasteiger partial charge in [-0.3, -0.25) is 9.67 Å². The molecule has 0 fully saturated rings. The molecule has 0 saturated carbocycles. The van der Waals surface area contributed by atoms with Crippen LogP contribution in [0.25, 0.3) is 10.9 Å². The van der Waals surface area contributed by atoms with Gasteiger partial charge in [0.2, 0.25) is 0 Å². The minimum absolute atomic E-state index is 0.313. The molecule has 0 unspecified atom stereocenters. The molecule has 0 saturated heterocycles. The SMILES string of the molecule is Cn1nccc1Nc1c(C(N)=S)cnc2ccccc12. The predicted octanol–water partition coefficient (Wildman–Crippen LogP) is 2.35. The predicted molar refractivity (Wildman–Crippen MR) is 84.1 cm³/mol. The fourth-order valence-electron chi connectivity index (χ4n) is 2.09. The minimum atomic E-state index is 0.313. The van der Waals surface area contributed by atoms with E-state index in [2.05, 4.69) is 15.4 Å². The zero-order valence-electron chi connectivity index (χ0n) is 10.9. The van der Waals surface area contributed by atoms with E-state index in [1.165, 1.54) is 0 Å². The number of anilines is 2. The van der Waals surface area contributed by atoms with Gasteiger partial charge in [0, 0.05) is 24.7 Å². The van der Waals surface area contributed by atoms with Gasteiger partial charge in [0.15, 0.2) is 0 Å². The highest BCUT2D eigenvalue weighted by atomic mass is 32.1. The molecule has 0 aliphatic carbocycles. The largest absolute Gasteiger partial charge is 0.389 e. The van der Waals surface area contributed by atoms with Gasteiger partial charge in [0.05, 0.1) is 23.0 Å². The maximum Gasteiger partial charge on any atom is 0.128 e. The van der Waals surface area contributed by atoms with Crippen molar-refractivity contribution in [3.05, 3.63) is 48.3 Å². The Morgan fingerprint density at radius 3 is 2.80 bits per heavy atom. The summed E-state index contributed by atoms with van der Waals surface area (Å²) in [6.45, 7) is 0. The van der Waals surface area contributed by atoms with Crippen LogP contribution in [0.1, 0.15) is 5.56 Å². The Labute approximate surface area is 121 Å². The summed E-state index contributed by atoms with van der Waals surface area (Å²) < 4.78 is 1.75. The van der Waals surface area contributed by atoms with Gasteiger partial charge in [-0.05, 0) is 6.07 Å². The van der Waals surface area contributed by atoms with Crippen LogP contribution in [0.4, 0.5) is 11.5 Å². The Bertz CT molecular complexity index is 793. The molecule has 3 N–H and O–H groups in total. The molecule has 0 atom stereocenters. The molecule has 0 aliphatic rings. The van der Waals surface area contributed by atoms with E-state index in [0.29, 0.717) is 4.99 Å². The lowest BCUT2D eigenvalue weighted by atomic mass is 10.1. The van der Waals surface area contributed by atoms with Crippen LogP contribution < -0.4 is 11.1 Å². The Morgan fingerprint density at radius 1 is 1.30 bits per heavy atom. The number of nitrogens with zero attached hydrogens (tertiary/aromatic N) is 3. The second kappa shape index (κ2) is 4.90. The first-order valence-electron chi connectivity index (χ1n) is 6.09. The van der Waals surface area contributed by atoms with Gasteiger partial charge in [-0.15, -0.1) is 0 Å². The molecule has 6 heteroatoms. The number of thiocarbonyl (C=S) groups is 1. The summed E-state index contributed by atoms with van der Waals surface area (Å²) >= 11 is 5.12. The molecule has 0 aliphatic heterocycles. The zero-order valence-corrected chi connectivity index (χ0v) is 11.7. The molecular weight excluding hydrogens is 270 g/mol. The van der Waals surface area contributed by atoms with Crippen LogP contribution in [-0.4, -0.2) is 19.8 Å². The summed E-state index contributed by atoms with van der Waals surface area (Å²) in [6, 6.07) is 9.74. The van der Waals surface area contributed by atoms with Crippen LogP contribution in [0.5, 0.6) is 0 Å². The minimum Gasteiger partial charge on any atom is -0.389 e. The Kier molecular flexibility index (Phi) is 3.08. The molecule has 2 heterocycles. The van der Waals surface area contributed by atoms with Crippen LogP contribution in [0.3, 0.4) is 0 Å². The van der Waals surface area contributed by atoms with Gasteiger partial charge < -0.3 is 11.1 Å². The Hall–Kier alpha value is -2.47. The molecule has 1 aromatic carbocycles. The average molecular weight is 283 g/mol. The monoisotopic (exact) mass is 283 g/mol. The van der Waals surface area contributed by atoms with E-state index in [9.17, 15) is 0 Å². The molecule has 2 aromatic heterocycles. The molecule has 0 bridgehead atoms. The second-order valence-corrected chi connectivity index (χ2v) is 4.83. The summed E-state index contributed by atoms with van der Waals surface area (Å²) in [5, 5.41) is 8.45. The van der Waals surface area contributed by atoms with E-state index in [4.69, 9.17) is 18.0 Å². The first-order chi connectivity index (χ1) is 9.66. The number of aromatic nitrogens is 3. The van der Waals surface area contributed by atoms with Gasteiger partial charge >= 0.3 is 0 Å². The molecule has 100 valence electrons. The van der Waals surface area contributed by atoms with Gasteiger partial charge in [0.1, 0.15) is 10.8 Å². The summed E-state index contributed by atoms with van der Waals surface area (Å²) in [5.74, 6) is 0.860. The highest BCUT2D eigenvalue weighted by Gasteiger charge is 2.12. The number of nitrogens with two attached hydrogens (primary N) is 1. The van der Waals surface area contributed by atoms with Crippen molar-refractivity contribution in [2.75, 3.05) is 5.32 Å². The highest BCUT2D eigenvalue weighted by molar-refractivity contribution is 7.80. The van der Waals surface area contributed by atoms with Gasteiger partial charge in [-0.1, -0.05) is 30.4 Å². The summed E-state index contributed by atoms with van der Waals surface area (Å²) in [5.41, 5.74) is 8.26. The standard InChI is InChI=1S/C14H13N5S/c1-19-12(6-7-17-19)18-13-9-4-2-3-5-11(9)16-8-10(13)14(15)20/h2-8H,1H3,(H2,15,20)(H,16,18). The van der Waals surface area contributed by atoms with Crippen LogP contribution in [0.2, 0.25) is 0 Å². The summed E-state index contributed by atoms with van der Waals surface area (Å²) in [7, 11) is 1.87. The van der Waals surface area contributed by atoms with Crippen molar-refractivity contribution in [1.29, 1.82) is 0 Å². The van der Waals surface area contributed by atoms with Gasteiger partial charge in [0.25, 0.3) is 0 Å². The average Bonchev–Trinajstić information content (AvgIpc) is 2.84. The molecule has 3 rings (SSSR count). The fraction of sp³-hybridized carbons (Fsp3) is 0.0714. The number of hydrogen-bond acceptors (Lipinski definition) is 4. The summed E-state index contributed by atoms with van der Waals surface area (Å²) in [6.07, 6.45) is 3.43. The van der Waals surface area contributed by atoms with Crippen molar-refractivity contribution in [1.82, 2.24) is 14.8 Å². The number of aryl methyl sites for hydroxylation is 1. The van der Waals surface area contributed by atoms with Crippen molar-refractivity contribution >= 4 is 39.6 Å². The van der Waals surface area contributed by atoms with Crippen molar-refractivity contribution in [2.24, 2.45) is 12.8 Å². The molecule has 20 heavy (non-hydrogen) atoms. The lowest BCUT2D eigenvalue weighted by Crippen LogP contribution is -2.13. The number of benzene rings is 1. The van der Waals surface area contributed by atoms with E-state index in [1.54, 1.807) is 17.1 Å². The Morgan fingerprint density at radius 2 is 2.10 bits per heavy atom.